The van der Waals surface area contributed by atoms with E-state index in [1.54, 1.807) is 7.11 Å². The lowest BCUT2D eigenvalue weighted by Crippen LogP contribution is -2.56. The number of thioether (sulfide) groups is 1. The highest BCUT2D eigenvalue weighted by Crippen LogP contribution is 2.40. The van der Waals surface area contributed by atoms with Crippen LogP contribution in [-0.4, -0.2) is 36.8 Å². The van der Waals surface area contributed by atoms with Crippen LogP contribution in [0.4, 0.5) is 0 Å². The number of hydrogen-bond donors (Lipinski definition) is 1. The molecule has 0 radical (unpaired) electrons. The van der Waals surface area contributed by atoms with Crippen LogP contribution in [0.15, 0.2) is 0 Å². The van der Waals surface area contributed by atoms with Gasteiger partial charge >= 0.3 is 0 Å². The molecular formula is C11H23NOS. The standard InChI is InChI=1S/C11H23NOS/c1-10(2,8-13-5)7-12-9-6-14-11(9,3)4/h9,12H,6-8H2,1-5H3. The zero-order chi connectivity index (χ0) is 10.8. The van der Waals surface area contributed by atoms with Gasteiger partial charge < -0.3 is 10.1 Å². The van der Waals surface area contributed by atoms with Gasteiger partial charge in [0.2, 0.25) is 0 Å². The second-order valence-corrected chi connectivity index (χ2v) is 7.12. The van der Waals surface area contributed by atoms with E-state index in [1.807, 2.05) is 11.8 Å². The second kappa shape index (κ2) is 4.42. The van der Waals surface area contributed by atoms with E-state index in [4.69, 9.17) is 4.74 Å². The largest absolute Gasteiger partial charge is 0.384 e. The molecule has 0 aliphatic carbocycles. The lowest BCUT2D eigenvalue weighted by Gasteiger charge is -2.45. The fourth-order valence-corrected chi connectivity index (χ4v) is 2.85. The zero-order valence-electron chi connectivity index (χ0n) is 10.0. The summed E-state index contributed by atoms with van der Waals surface area (Å²) in [6, 6.07) is 0.670. The first-order valence-electron chi connectivity index (χ1n) is 5.24. The fourth-order valence-electron chi connectivity index (χ4n) is 1.65. The maximum Gasteiger partial charge on any atom is 0.0525 e. The molecule has 14 heavy (non-hydrogen) atoms. The Morgan fingerprint density at radius 2 is 2.14 bits per heavy atom. The van der Waals surface area contributed by atoms with Crippen LogP contribution in [0.3, 0.4) is 0 Å². The molecular weight excluding hydrogens is 194 g/mol. The number of hydrogen-bond acceptors (Lipinski definition) is 3. The molecule has 0 saturated carbocycles. The SMILES string of the molecule is COCC(C)(C)CNC1CSC1(C)C. The van der Waals surface area contributed by atoms with Gasteiger partial charge in [-0.15, -0.1) is 0 Å². The van der Waals surface area contributed by atoms with Gasteiger partial charge in [-0.2, -0.15) is 11.8 Å². The van der Waals surface area contributed by atoms with Crippen molar-refractivity contribution in [1.82, 2.24) is 5.32 Å². The summed E-state index contributed by atoms with van der Waals surface area (Å²) < 4.78 is 5.62. The van der Waals surface area contributed by atoms with Crippen LogP contribution < -0.4 is 5.32 Å². The molecule has 1 saturated heterocycles. The minimum atomic E-state index is 0.241. The van der Waals surface area contributed by atoms with E-state index >= 15 is 0 Å². The molecule has 1 heterocycles. The Morgan fingerprint density at radius 1 is 1.50 bits per heavy atom. The van der Waals surface area contributed by atoms with Crippen molar-refractivity contribution in [2.45, 2.75) is 38.5 Å². The number of nitrogens with one attached hydrogen (secondary N) is 1. The van der Waals surface area contributed by atoms with Gasteiger partial charge in [-0.05, 0) is 13.8 Å². The van der Waals surface area contributed by atoms with Gasteiger partial charge in [-0.25, -0.2) is 0 Å². The Hall–Kier alpha value is 0.270. The first-order chi connectivity index (χ1) is 6.37. The van der Waals surface area contributed by atoms with E-state index in [2.05, 4.69) is 33.0 Å². The number of ether oxygens (including phenoxy) is 1. The second-order valence-electron chi connectivity index (χ2n) is 5.45. The molecule has 1 fully saturated rings. The molecule has 1 aliphatic heterocycles. The average Bonchev–Trinajstić information content (AvgIpc) is 2.02. The molecule has 1 N–H and O–H groups in total. The molecule has 0 bridgehead atoms. The summed E-state index contributed by atoms with van der Waals surface area (Å²) >= 11 is 2.04. The molecule has 0 aromatic heterocycles. The van der Waals surface area contributed by atoms with Gasteiger partial charge in [0, 0.05) is 35.6 Å². The third-order valence-electron chi connectivity index (χ3n) is 2.82. The Labute approximate surface area is 92.2 Å². The predicted molar refractivity (Wildman–Crippen MR) is 64.0 cm³/mol. The molecule has 0 aromatic rings. The van der Waals surface area contributed by atoms with Gasteiger partial charge in [0.15, 0.2) is 0 Å². The van der Waals surface area contributed by atoms with E-state index in [0.29, 0.717) is 10.8 Å². The van der Waals surface area contributed by atoms with Gasteiger partial charge in [0.25, 0.3) is 0 Å². The molecule has 0 amide bonds. The molecule has 3 heteroatoms. The molecule has 84 valence electrons. The maximum absolute atomic E-state index is 5.20. The number of methoxy groups -OCH3 is 1. The van der Waals surface area contributed by atoms with Crippen molar-refractivity contribution in [3.63, 3.8) is 0 Å². The number of rotatable bonds is 5. The maximum atomic E-state index is 5.20. The van der Waals surface area contributed by atoms with Crippen LogP contribution >= 0.6 is 11.8 Å². The minimum Gasteiger partial charge on any atom is -0.384 e. The zero-order valence-corrected chi connectivity index (χ0v) is 10.8. The summed E-state index contributed by atoms with van der Waals surface area (Å²) in [5.74, 6) is 1.25. The quantitative estimate of drug-likeness (QED) is 0.762. The van der Waals surface area contributed by atoms with Crippen LogP contribution in [0, 0.1) is 5.41 Å². The van der Waals surface area contributed by atoms with E-state index in [0.717, 1.165) is 13.2 Å². The van der Waals surface area contributed by atoms with Crippen molar-refractivity contribution in [3.05, 3.63) is 0 Å². The van der Waals surface area contributed by atoms with Crippen molar-refractivity contribution < 1.29 is 4.74 Å². The van der Waals surface area contributed by atoms with Crippen molar-refractivity contribution in [1.29, 1.82) is 0 Å². The minimum absolute atomic E-state index is 0.241. The highest BCUT2D eigenvalue weighted by molar-refractivity contribution is 8.02. The molecule has 1 aliphatic rings. The molecule has 1 rings (SSSR count). The molecule has 1 unspecified atom stereocenters. The lowest BCUT2D eigenvalue weighted by molar-refractivity contribution is 0.100. The van der Waals surface area contributed by atoms with E-state index < -0.39 is 0 Å². The third-order valence-corrected chi connectivity index (χ3v) is 4.35. The summed E-state index contributed by atoms with van der Waals surface area (Å²) in [5, 5.41) is 3.63. The Morgan fingerprint density at radius 3 is 2.50 bits per heavy atom. The normalized spacial score (nSPS) is 25.9. The van der Waals surface area contributed by atoms with Crippen LogP contribution in [-0.2, 0) is 4.74 Å². The Balaban J connectivity index is 2.26. The fraction of sp³-hybridized carbons (Fsp3) is 1.00. The van der Waals surface area contributed by atoms with Crippen molar-refractivity contribution in [2.75, 3.05) is 26.0 Å². The van der Waals surface area contributed by atoms with Gasteiger partial charge in [0.05, 0.1) is 6.61 Å². The average molecular weight is 217 g/mol. The summed E-state index contributed by atoms with van der Waals surface area (Å²) in [6.45, 7) is 10.9. The summed E-state index contributed by atoms with van der Waals surface area (Å²) in [6.07, 6.45) is 0. The predicted octanol–water partition coefficient (Wildman–Crippen LogP) is 2.14. The van der Waals surface area contributed by atoms with Crippen LogP contribution in [0.2, 0.25) is 0 Å². The van der Waals surface area contributed by atoms with Crippen LogP contribution in [0.1, 0.15) is 27.7 Å². The van der Waals surface area contributed by atoms with Crippen molar-refractivity contribution >= 4 is 11.8 Å². The van der Waals surface area contributed by atoms with Crippen molar-refractivity contribution in [3.8, 4) is 0 Å². The highest BCUT2D eigenvalue weighted by atomic mass is 32.2. The highest BCUT2D eigenvalue weighted by Gasteiger charge is 2.39. The Kier molecular flexibility index (Phi) is 3.89. The topological polar surface area (TPSA) is 21.3 Å². The van der Waals surface area contributed by atoms with Crippen LogP contribution in [0.25, 0.3) is 0 Å². The van der Waals surface area contributed by atoms with E-state index in [9.17, 15) is 0 Å². The van der Waals surface area contributed by atoms with E-state index in [-0.39, 0.29) is 5.41 Å². The molecule has 0 spiro atoms. The third kappa shape index (κ3) is 3.14. The van der Waals surface area contributed by atoms with Gasteiger partial charge in [-0.3, -0.25) is 0 Å². The Bertz CT molecular complexity index is 192. The lowest BCUT2D eigenvalue weighted by atomic mass is 9.93. The van der Waals surface area contributed by atoms with Crippen molar-refractivity contribution in [2.24, 2.45) is 5.41 Å². The first kappa shape index (κ1) is 12.3. The summed E-state index contributed by atoms with van der Waals surface area (Å²) in [5.41, 5.74) is 0.241. The smallest absolute Gasteiger partial charge is 0.0525 e. The first-order valence-corrected chi connectivity index (χ1v) is 6.22. The molecule has 2 nitrogen and oxygen atoms in total. The summed E-state index contributed by atoms with van der Waals surface area (Å²) in [7, 11) is 1.77. The van der Waals surface area contributed by atoms with E-state index in [1.165, 1.54) is 5.75 Å². The van der Waals surface area contributed by atoms with Gasteiger partial charge in [-0.1, -0.05) is 13.8 Å². The summed E-state index contributed by atoms with van der Waals surface area (Å²) in [4.78, 5) is 0. The molecule has 1 atom stereocenters. The van der Waals surface area contributed by atoms with Gasteiger partial charge in [0.1, 0.15) is 0 Å². The van der Waals surface area contributed by atoms with Crippen LogP contribution in [0.5, 0.6) is 0 Å². The monoisotopic (exact) mass is 217 g/mol. The molecule has 0 aromatic carbocycles.